The van der Waals surface area contributed by atoms with Crippen molar-refractivity contribution in [3.05, 3.63) is 36.0 Å². The van der Waals surface area contributed by atoms with Crippen molar-refractivity contribution in [1.29, 1.82) is 0 Å². The van der Waals surface area contributed by atoms with Gasteiger partial charge in [0.1, 0.15) is 16.6 Å². The molecule has 1 amide bonds. The van der Waals surface area contributed by atoms with Crippen LogP contribution in [0.4, 0.5) is 4.79 Å². The number of thiophene rings is 1. The Hall–Kier alpha value is -2.72. The van der Waals surface area contributed by atoms with Crippen molar-refractivity contribution in [2.75, 3.05) is 26.0 Å². The molecule has 1 aliphatic heterocycles. The van der Waals surface area contributed by atoms with Crippen LogP contribution in [0, 0.1) is 5.92 Å². The number of nitrogens with zero attached hydrogens (tertiary/aromatic N) is 3. The number of fused-ring (bicyclic) bond motifs is 1. The minimum absolute atomic E-state index is 0.264. The van der Waals surface area contributed by atoms with Gasteiger partial charge >= 0.3 is 6.09 Å². The molecule has 1 aromatic carbocycles. The van der Waals surface area contributed by atoms with Gasteiger partial charge in [-0.3, -0.25) is 0 Å². The molecule has 1 fully saturated rings. The molecule has 0 N–H and O–H groups in total. The Balaban J connectivity index is 1.41. The fraction of sp³-hybridized carbons (Fsp3) is 0.458. The van der Waals surface area contributed by atoms with E-state index >= 15 is 0 Å². The largest absolute Gasteiger partial charge is 0.476 e. The molecular weight excluding hydrogens is 474 g/mol. The van der Waals surface area contributed by atoms with E-state index in [0.717, 1.165) is 34.2 Å². The first kappa shape index (κ1) is 24.4. The van der Waals surface area contributed by atoms with E-state index in [1.807, 2.05) is 26.2 Å². The number of likely N-dealkylation sites (tertiary alicyclic amines) is 1. The summed E-state index contributed by atoms with van der Waals surface area (Å²) in [6.45, 7) is 7.42. The van der Waals surface area contributed by atoms with Crippen molar-refractivity contribution in [2.24, 2.45) is 5.92 Å². The fourth-order valence-corrected chi connectivity index (χ4v) is 5.42. The summed E-state index contributed by atoms with van der Waals surface area (Å²) in [4.78, 5) is 23.1. The average molecular weight is 504 g/mol. The highest BCUT2D eigenvalue weighted by molar-refractivity contribution is 7.90. The van der Waals surface area contributed by atoms with Gasteiger partial charge in [0.25, 0.3) is 0 Å². The SMILES string of the molecule is CC(C)(C)OC(=O)N1CCC(COc2ncnc3c(-c4ccc(S(C)(=O)=O)cc4)csc23)CC1. The van der Waals surface area contributed by atoms with E-state index in [0.29, 0.717) is 31.5 Å². The Labute approximate surface area is 203 Å². The summed E-state index contributed by atoms with van der Waals surface area (Å²) in [5, 5.41) is 1.99. The summed E-state index contributed by atoms with van der Waals surface area (Å²) >= 11 is 1.50. The Morgan fingerprint density at radius 1 is 1.15 bits per heavy atom. The van der Waals surface area contributed by atoms with Crippen LogP contribution in [0.1, 0.15) is 33.6 Å². The average Bonchev–Trinajstić information content (AvgIpc) is 3.21. The lowest BCUT2D eigenvalue weighted by Gasteiger charge is -2.33. The third kappa shape index (κ3) is 5.67. The van der Waals surface area contributed by atoms with Gasteiger partial charge < -0.3 is 14.4 Å². The van der Waals surface area contributed by atoms with Gasteiger partial charge in [-0.15, -0.1) is 11.3 Å². The lowest BCUT2D eigenvalue weighted by Crippen LogP contribution is -2.42. The minimum Gasteiger partial charge on any atom is -0.476 e. The molecule has 0 radical (unpaired) electrons. The third-order valence-electron chi connectivity index (χ3n) is 5.64. The first-order chi connectivity index (χ1) is 16.0. The van der Waals surface area contributed by atoms with Crippen LogP contribution >= 0.6 is 11.3 Å². The Morgan fingerprint density at radius 3 is 2.44 bits per heavy atom. The van der Waals surface area contributed by atoms with Crippen LogP contribution in [0.2, 0.25) is 0 Å². The van der Waals surface area contributed by atoms with Crippen molar-refractivity contribution in [1.82, 2.24) is 14.9 Å². The van der Waals surface area contributed by atoms with Gasteiger partial charge in [0.15, 0.2) is 9.84 Å². The van der Waals surface area contributed by atoms with E-state index < -0.39 is 15.4 Å². The van der Waals surface area contributed by atoms with E-state index in [2.05, 4.69) is 9.97 Å². The second-order valence-corrected chi connectivity index (χ2v) is 12.4. The van der Waals surface area contributed by atoms with Crippen LogP contribution in [-0.4, -0.2) is 60.9 Å². The first-order valence-corrected chi connectivity index (χ1v) is 13.9. The maximum Gasteiger partial charge on any atom is 0.410 e. The van der Waals surface area contributed by atoms with Crippen molar-refractivity contribution in [2.45, 2.75) is 44.1 Å². The second kappa shape index (κ2) is 9.50. The highest BCUT2D eigenvalue weighted by Crippen LogP contribution is 2.37. The molecule has 34 heavy (non-hydrogen) atoms. The summed E-state index contributed by atoms with van der Waals surface area (Å²) < 4.78 is 35.9. The number of sulfone groups is 1. The van der Waals surface area contributed by atoms with Crippen LogP contribution < -0.4 is 4.74 Å². The van der Waals surface area contributed by atoms with Gasteiger partial charge in [-0.2, -0.15) is 0 Å². The number of aromatic nitrogens is 2. The molecule has 0 bridgehead atoms. The van der Waals surface area contributed by atoms with Crippen LogP contribution in [-0.2, 0) is 14.6 Å². The third-order valence-corrected chi connectivity index (χ3v) is 7.72. The molecule has 0 aliphatic carbocycles. The van der Waals surface area contributed by atoms with E-state index in [4.69, 9.17) is 9.47 Å². The molecule has 0 spiro atoms. The molecule has 0 saturated carbocycles. The first-order valence-electron chi connectivity index (χ1n) is 11.1. The van der Waals surface area contributed by atoms with Crippen molar-refractivity contribution >= 4 is 37.5 Å². The van der Waals surface area contributed by atoms with Crippen molar-refractivity contribution in [3.8, 4) is 17.0 Å². The number of benzene rings is 1. The molecule has 10 heteroatoms. The zero-order chi connectivity index (χ0) is 24.5. The van der Waals surface area contributed by atoms with Gasteiger partial charge in [0.05, 0.1) is 17.0 Å². The summed E-state index contributed by atoms with van der Waals surface area (Å²) in [6, 6.07) is 6.80. The fourth-order valence-electron chi connectivity index (χ4n) is 3.82. The normalized spacial score (nSPS) is 15.5. The maximum atomic E-state index is 12.3. The van der Waals surface area contributed by atoms with Gasteiger partial charge in [0.2, 0.25) is 5.88 Å². The van der Waals surface area contributed by atoms with Crippen LogP contribution in [0.25, 0.3) is 21.3 Å². The zero-order valence-corrected chi connectivity index (χ0v) is 21.4. The van der Waals surface area contributed by atoms with Crippen LogP contribution in [0.5, 0.6) is 5.88 Å². The monoisotopic (exact) mass is 503 g/mol. The van der Waals surface area contributed by atoms with Crippen LogP contribution in [0.15, 0.2) is 40.9 Å². The summed E-state index contributed by atoms with van der Waals surface area (Å²) in [6.07, 6.45) is 4.11. The predicted octanol–water partition coefficient (Wildman–Crippen LogP) is 4.79. The number of amides is 1. The Kier molecular flexibility index (Phi) is 6.82. The highest BCUT2D eigenvalue weighted by atomic mass is 32.2. The number of hydrogen-bond acceptors (Lipinski definition) is 8. The van der Waals surface area contributed by atoms with E-state index in [1.54, 1.807) is 29.2 Å². The molecule has 182 valence electrons. The lowest BCUT2D eigenvalue weighted by molar-refractivity contribution is 0.0164. The molecule has 0 atom stereocenters. The smallest absolute Gasteiger partial charge is 0.410 e. The number of ether oxygens (including phenoxy) is 2. The van der Waals surface area contributed by atoms with Crippen molar-refractivity contribution < 1.29 is 22.7 Å². The molecule has 0 unspecified atom stereocenters. The quantitative estimate of drug-likeness (QED) is 0.494. The number of rotatable bonds is 5. The second-order valence-electron chi connectivity index (χ2n) is 9.52. The van der Waals surface area contributed by atoms with Crippen LogP contribution in [0.3, 0.4) is 0 Å². The lowest BCUT2D eigenvalue weighted by atomic mass is 9.98. The van der Waals surface area contributed by atoms with E-state index in [-0.39, 0.29) is 11.0 Å². The number of carbonyl (C=O) groups is 1. The molecular formula is C24H29N3O5S2. The molecule has 8 nitrogen and oxygen atoms in total. The minimum atomic E-state index is -3.24. The zero-order valence-electron chi connectivity index (χ0n) is 19.8. The van der Waals surface area contributed by atoms with Gasteiger partial charge in [-0.05, 0) is 57.2 Å². The molecule has 4 rings (SSSR count). The maximum absolute atomic E-state index is 12.3. The van der Waals surface area contributed by atoms with Gasteiger partial charge in [-0.1, -0.05) is 12.1 Å². The topological polar surface area (TPSA) is 98.7 Å². The van der Waals surface area contributed by atoms with Crippen molar-refractivity contribution in [3.63, 3.8) is 0 Å². The molecule has 1 saturated heterocycles. The standard InChI is InChI=1S/C24H29N3O5S2/c1-24(2,3)32-23(28)27-11-9-16(10-12-27)13-31-22-21-20(25-15-26-22)19(14-33-21)17-5-7-18(8-6-17)34(4,29)30/h5-8,14-16H,9-13H2,1-4H3. The molecule has 3 aromatic rings. The van der Waals surface area contributed by atoms with Gasteiger partial charge in [0, 0.05) is 30.3 Å². The summed E-state index contributed by atoms with van der Waals surface area (Å²) in [5.41, 5.74) is 2.09. The Morgan fingerprint density at radius 2 is 1.82 bits per heavy atom. The number of carbonyl (C=O) groups excluding carboxylic acids is 1. The van der Waals surface area contributed by atoms with E-state index in [9.17, 15) is 13.2 Å². The summed E-state index contributed by atoms with van der Waals surface area (Å²) in [7, 11) is -3.24. The Bertz CT molecular complexity index is 1270. The highest BCUT2D eigenvalue weighted by Gasteiger charge is 2.27. The predicted molar refractivity (Wildman–Crippen MR) is 132 cm³/mol. The molecule has 3 heterocycles. The van der Waals surface area contributed by atoms with E-state index in [1.165, 1.54) is 23.9 Å². The molecule has 2 aromatic heterocycles. The summed E-state index contributed by atoms with van der Waals surface area (Å²) in [5.74, 6) is 0.871. The number of hydrogen-bond donors (Lipinski definition) is 0. The number of piperidine rings is 1. The molecule has 1 aliphatic rings. The van der Waals surface area contributed by atoms with Gasteiger partial charge in [-0.25, -0.2) is 23.2 Å².